The lowest BCUT2D eigenvalue weighted by Gasteiger charge is -2.00. The third-order valence-electron chi connectivity index (χ3n) is 2.21. The molecule has 0 aliphatic heterocycles. The van der Waals surface area contributed by atoms with Crippen LogP contribution in [0.1, 0.15) is 29.9 Å². The smallest absolute Gasteiger partial charge is 0.0159 e. The van der Waals surface area contributed by atoms with Crippen molar-refractivity contribution in [3.63, 3.8) is 0 Å². The van der Waals surface area contributed by atoms with E-state index in [9.17, 15) is 0 Å². The fourth-order valence-corrected chi connectivity index (χ4v) is 1.44. The topological polar surface area (TPSA) is 0 Å². The monoisotopic (exact) mass is 132 g/mol. The van der Waals surface area contributed by atoms with E-state index >= 15 is 0 Å². The Bertz CT molecular complexity index is 234. The van der Waals surface area contributed by atoms with Crippen LogP contribution in [0.25, 0.3) is 0 Å². The van der Waals surface area contributed by atoms with Gasteiger partial charge in [-0.25, -0.2) is 0 Å². The molecule has 1 aromatic rings. The molecule has 10 heavy (non-hydrogen) atoms. The Labute approximate surface area is 61.9 Å². The molecule has 0 N–H and O–H groups in total. The van der Waals surface area contributed by atoms with Gasteiger partial charge in [0.1, 0.15) is 0 Å². The molecule has 1 aromatic carbocycles. The molecule has 0 heterocycles. The Hall–Kier alpha value is -0.780. The average Bonchev–Trinajstić information content (AvgIpc) is 2.71. The van der Waals surface area contributed by atoms with Gasteiger partial charge in [-0.3, -0.25) is 0 Å². The SMILES string of the molecule is Cc1ccccc1C1CC1. The average molecular weight is 132 g/mol. The minimum Gasteiger partial charge on any atom is -0.0620 e. The summed E-state index contributed by atoms with van der Waals surface area (Å²) in [6.45, 7) is 2.20. The molecule has 0 saturated heterocycles. The number of benzene rings is 1. The van der Waals surface area contributed by atoms with Crippen molar-refractivity contribution >= 4 is 0 Å². The molecular formula is C10H12. The molecule has 0 unspecified atom stereocenters. The van der Waals surface area contributed by atoms with E-state index in [1.807, 2.05) is 0 Å². The van der Waals surface area contributed by atoms with Crippen molar-refractivity contribution in [2.45, 2.75) is 25.7 Å². The van der Waals surface area contributed by atoms with Gasteiger partial charge in [-0.2, -0.15) is 0 Å². The molecule has 0 nitrogen and oxygen atoms in total. The largest absolute Gasteiger partial charge is 0.0620 e. The summed E-state index contributed by atoms with van der Waals surface area (Å²) in [7, 11) is 0. The molecule has 0 atom stereocenters. The summed E-state index contributed by atoms with van der Waals surface area (Å²) in [6, 6.07) is 8.71. The molecule has 52 valence electrons. The Morgan fingerprint density at radius 1 is 1.20 bits per heavy atom. The highest BCUT2D eigenvalue weighted by Gasteiger charge is 2.24. The van der Waals surface area contributed by atoms with Crippen LogP contribution in [0.2, 0.25) is 0 Å². The van der Waals surface area contributed by atoms with Crippen LogP contribution in [0.5, 0.6) is 0 Å². The van der Waals surface area contributed by atoms with Crippen molar-refractivity contribution in [3.05, 3.63) is 35.4 Å². The zero-order valence-corrected chi connectivity index (χ0v) is 6.30. The molecule has 1 saturated carbocycles. The molecule has 0 radical (unpaired) electrons. The van der Waals surface area contributed by atoms with Gasteiger partial charge in [0.15, 0.2) is 0 Å². The van der Waals surface area contributed by atoms with Crippen molar-refractivity contribution in [2.75, 3.05) is 0 Å². The molecule has 0 aromatic heterocycles. The van der Waals surface area contributed by atoms with Crippen molar-refractivity contribution in [2.24, 2.45) is 0 Å². The van der Waals surface area contributed by atoms with Gasteiger partial charge in [0, 0.05) is 0 Å². The van der Waals surface area contributed by atoms with Crippen molar-refractivity contribution in [1.82, 2.24) is 0 Å². The second-order valence-corrected chi connectivity index (χ2v) is 3.13. The molecular weight excluding hydrogens is 120 g/mol. The molecule has 1 aliphatic rings. The van der Waals surface area contributed by atoms with Crippen LogP contribution in [0.4, 0.5) is 0 Å². The van der Waals surface area contributed by atoms with E-state index in [0.29, 0.717) is 0 Å². The first kappa shape index (κ1) is 5.96. The molecule has 2 rings (SSSR count). The van der Waals surface area contributed by atoms with Gasteiger partial charge in [0.25, 0.3) is 0 Å². The third-order valence-corrected chi connectivity index (χ3v) is 2.21. The lowest BCUT2D eigenvalue weighted by molar-refractivity contribution is 1.10. The van der Waals surface area contributed by atoms with Gasteiger partial charge in [0.05, 0.1) is 0 Å². The Kier molecular flexibility index (Phi) is 1.26. The first-order valence-electron chi connectivity index (χ1n) is 3.93. The van der Waals surface area contributed by atoms with E-state index in [-0.39, 0.29) is 0 Å². The minimum absolute atomic E-state index is 0.904. The van der Waals surface area contributed by atoms with Gasteiger partial charge >= 0.3 is 0 Å². The van der Waals surface area contributed by atoms with Crippen LogP contribution in [-0.4, -0.2) is 0 Å². The number of hydrogen-bond donors (Lipinski definition) is 0. The van der Waals surface area contributed by atoms with Gasteiger partial charge in [-0.15, -0.1) is 0 Å². The van der Waals surface area contributed by atoms with E-state index in [0.717, 1.165) is 5.92 Å². The van der Waals surface area contributed by atoms with E-state index in [2.05, 4.69) is 31.2 Å². The fourth-order valence-electron chi connectivity index (χ4n) is 1.44. The minimum atomic E-state index is 0.904. The van der Waals surface area contributed by atoms with E-state index in [1.54, 1.807) is 5.56 Å². The normalized spacial score (nSPS) is 17.3. The summed E-state index contributed by atoms with van der Waals surface area (Å²) >= 11 is 0. The lowest BCUT2D eigenvalue weighted by atomic mass is 10.1. The summed E-state index contributed by atoms with van der Waals surface area (Å²) < 4.78 is 0. The summed E-state index contributed by atoms with van der Waals surface area (Å²) in [4.78, 5) is 0. The highest BCUT2D eigenvalue weighted by molar-refractivity contribution is 5.31. The standard InChI is InChI=1S/C10H12/c1-8-4-2-3-5-10(8)9-6-7-9/h2-5,9H,6-7H2,1H3. The van der Waals surface area contributed by atoms with Crippen molar-refractivity contribution in [1.29, 1.82) is 0 Å². The van der Waals surface area contributed by atoms with Crippen LogP contribution in [0.3, 0.4) is 0 Å². The predicted octanol–water partition coefficient (Wildman–Crippen LogP) is 2.87. The van der Waals surface area contributed by atoms with Crippen molar-refractivity contribution < 1.29 is 0 Å². The number of rotatable bonds is 1. The highest BCUT2D eigenvalue weighted by atomic mass is 14.3. The van der Waals surface area contributed by atoms with Crippen LogP contribution in [-0.2, 0) is 0 Å². The maximum absolute atomic E-state index is 2.26. The maximum atomic E-state index is 2.26. The molecule has 0 heteroatoms. The second-order valence-electron chi connectivity index (χ2n) is 3.13. The van der Waals surface area contributed by atoms with Crippen LogP contribution >= 0.6 is 0 Å². The highest BCUT2D eigenvalue weighted by Crippen LogP contribution is 2.41. The number of hydrogen-bond acceptors (Lipinski definition) is 0. The van der Waals surface area contributed by atoms with Crippen LogP contribution in [0, 0.1) is 6.92 Å². The summed E-state index contributed by atoms with van der Waals surface area (Å²) in [5.74, 6) is 0.904. The summed E-state index contributed by atoms with van der Waals surface area (Å²) in [6.07, 6.45) is 2.82. The zero-order valence-electron chi connectivity index (χ0n) is 6.30. The molecule has 0 spiro atoms. The first-order valence-corrected chi connectivity index (χ1v) is 3.93. The maximum Gasteiger partial charge on any atom is -0.0159 e. The van der Waals surface area contributed by atoms with Crippen LogP contribution in [0.15, 0.2) is 24.3 Å². The van der Waals surface area contributed by atoms with E-state index < -0.39 is 0 Å². The zero-order chi connectivity index (χ0) is 6.97. The Morgan fingerprint density at radius 2 is 1.90 bits per heavy atom. The second kappa shape index (κ2) is 2.12. The molecule has 1 fully saturated rings. The predicted molar refractivity (Wildman–Crippen MR) is 43.2 cm³/mol. The van der Waals surface area contributed by atoms with E-state index in [1.165, 1.54) is 18.4 Å². The third kappa shape index (κ3) is 0.942. The quantitative estimate of drug-likeness (QED) is 0.551. The van der Waals surface area contributed by atoms with Gasteiger partial charge in [-0.1, -0.05) is 24.3 Å². The van der Waals surface area contributed by atoms with E-state index in [4.69, 9.17) is 0 Å². The van der Waals surface area contributed by atoms with Crippen LogP contribution < -0.4 is 0 Å². The molecule has 1 aliphatic carbocycles. The summed E-state index contributed by atoms with van der Waals surface area (Å²) in [5.41, 5.74) is 3.03. The van der Waals surface area contributed by atoms with Crippen molar-refractivity contribution in [3.8, 4) is 0 Å². The molecule has 0 amide bonds. The fraction of sp³-hybridized carbons (Fsp3) is 0.400. The Morgan fingerprint density at radius 3 is 2.50 bits per heavy atom. The number of aryl methyl sites for hydroxylation is 1. The van der Waals surface area contributed by atoms with Gasteiger partial charge in [0.2, 0.25) is 0 Å². The van der Waals surface area contributed by atoms with Gasteiger partial charge in [-0.05, 0) is 36.8 Å². The Balaban J connectivity index is 2.39. The lowest BCUT2D eigenvalue weighted by Crippen LogP contribution is -1.82. The van der Waals surface area contributed by atoms with Gasteiger partial charge < -0.3 is 0 Å². The summed E-state index contributed by atoms with van der Waals surface area (Å²) in [5, 5.41) is 0. The molecule has 0 bridgehead atoms. The first-order chi connectivity index (χ1) is 4.88.